The van der Waals surface area contributed by atoms with Gasteiger partial charge in [-0.1, -0.05) is 57.2 Å². The smallest absolute Gasteiger partial charge is 0.230 e. The second-order valence-electron chi connectivity index (χ2n) is 12.7. The van der Waals surface area contributed by atoms with Crippen molar-refractivity contribution in [3.8, 4) is 5.75 Å². The van der Waals surface area contributed by atoms with E-state index in [2.05, 4.69) is 46.4 Å². The van der Waals surface area contributed by atoms with Crippen molar-refractivity contribution in [3.63, 3.8) is 0 Å². The number of hydrogen-bond donors (Lipinski definition) is 1. The molecule has 0 radical (unpaired) electrons. The number of methoxy groups -OCH3 is 2. The highest BCUT2D eigenvalue weighted by molar-refractivity contribution is 6.10. The Bertz CT molecular complexity index is 1220. The second-order valence-corrected chi connectivity index (χ2v) is 12.7. The minimum Gasteiger partial charge on any atom is -0.505 e. The van der Waals surface area contributed by atoms with Crippen molar-refractivity contribution in [1.82, 2.24) is 4.98 Å². The predicted molar refractivity (Wildman–Crippen MR) is 185 cm³/mol. The lowest BCUT2D eigenvalue weighted by atomic mass is 9.83. The van der Waals surface area contributed by atoms with Gasteiger partial charge in [0.1, 0.15) is 11.6 Å². The third-order valence-electron chi connectivity index (χ3n) is 8.14. The molecule has 2 aliphatic carbocycles. The molecule has 0 spiro atoms. The molecule has 7 heteroatoms. The van der Waals surface area contributed by atoms with Crippen LogP contribution in [0.3, 0.4) is 0 Å². The molecule has 44 heavy (non-hydrogen) atoms. The molecule has 2 saturated carbocycles. The van der Waals surface area contributed by atoms with Gasteiger partial charge in [0.2, 0.25) is 5.91 Å². The molecule has 0 atom stereocenters. The second kappa shape index (κ2) is 18.9. The number of aryl methyl sites for hydroxylation is 1. The maximum atomic E-state index is 12.7. The van der Waals surface area contributed by atoms with E-state index in [9.17, 15) is 4.79 Å². The van der Waals surface area contributed by atoms with Crippen LogP contribution in [-0.4, -0.2) is 43.9 Å². The van der Waals surface area contributed by atoms with Crippen molar-refractivity contribution in [3.05, 3.63) is 72.3 Å². The number of aliphatic imine (C=N–C) groups is 1. The average Bonchev–Trinajstić information content (AvgIpc) is 3.05. The molecule has 0 aliphatic heterocycles. The van der Waals surface area contributed by atoms with Crippen LogP contribution < -0.4 is 15.4 Å². The number of allylic oxidation sites excluding steroid dienone is 1. The molecule has 0 bridgehead atoms. The van der Waals surface area contributed by atoms with Crippen molar-refractivity contribution < 1.29 is 14.3 Å². The summed E-state index contributed by atoms with van der Waals surface area (Å²) in [6.07, 6.45) is 18.8. The first-order chi connectivity index (χ1) is 21.0. The summed E-state index contributed by atoms with van der Waals surface area (Å²) >= 11 is 0. The molecule has 2 aliphatic rings. The van der Waals surface area contributed by atoms with Crippen LogP contribution in [-0.2, 0) is 9.53 Å². The van der Waals surface area contributed by atoms with Crippen molar-refractivity contribution in [2.24, 2.45) is 16.6 Å². The standard InChI is InChI=1S/C20H30N4O.C14H20O.C3H6O/c1-20(2,3)23-14-17(13-21)16-10-11-22-18(12-16)24(4)19(25)15-8-6-5-7-9-15;1-11-10-13(8-9-14(11)15-2)12-6-4-3-5-7-12;1-3-4-2/h10-15H,5-9,21H2,1-4H3;8-10,12H,3-7H2,1-2H3;3H,1H2,2H3/b17-13+,23-14?;;. The van der Waals surface area contributed by atoms with Crippen LogP contribution in [0.2, 0.25) is 0 Å². The Hall–Kier alpha value is -3.61. The Balaban J connectivity index is 0.000000299. The van der Waals surface area contributed by atoms with Gasteiger partial charge in [-0.15, -0.1) is 0 Å². The van der Waals surface area contributed by atoms with E-state index >= 15 is 0 Å². The highest BCUT2D eigenvalue weighted by Gasteiger charge is 2.25. The van der Waals surface area contributed by atoms with Crippen molar-refractivity contribution in [2.45, 2.75) is 103 Å². The minimum absolute atomic E-state index is 0.121. The number of ether oxygens (including phenoxy) is 2. The van der Waals surface area contributed by atoms with Gasteiger partial charge in [0.05, 0.1) is 26.0 Å². The lowest BCUT2D eigenvalue weighted by molar-refractivity contribution is -0.123. The quantitative estimate of drug-likeness (QED) is 0.252. The normalized spacial score (nSPS) is 16.2. The molecule has 2 aromatic rings. The number of anilines is 1. The van der Waals surface area contributed by atoms with E-state index in [0.29, 0.717) is 5.82 Å². The zero-order chi connectivity index (χ0) is 32.5. The molecule has 2 N–H and O–H groups in total. The van der Waals surface area contributed by atoms with Crippen LogP contribution >= 0.6 is 0 Å². The van der Waals surface area contributed by atoms with Crippen molar-refractivity contribution >= 4 is 23.5 Å². The van der Waals surface area contributed by atoms with E-state index in [1.807, 2.05) is 32.9 Å². The van der Waals surface area contributed by atoms with Crippen LogP contribution in [0.1, 0.15) is 108 Å². The SMILES string of the molecule is C=COC.CN(C(=O)C1CCCCC1)c1cc(/C(C=NC(C)(C)C)=C/N)ccn1.COc1ccc(C2CCCCC2)cc1C. The Morgan fingerprint density at radius 1 is 1.02 bits per heavy atom. The van der Waals surface area contributed by atoms with E-state index in [4.69, 9.17) is 10.5 Å². The maximum Gasteiger partial charge on any atom is 0.230 e. The molecule has 1 aromatic carbocycles. The first kappa shape index (κ1) is 36.6. The fourth-order valence-electron chi connectivity index (χ4n) is 5.59. The van der Waals surface area contributed by atoms with Crippen LogP contribution in [0.25, 0.3) is 5.57 Å². The number of rotatable bonds is 7. The van der Waals surface area contributed by atoms with Gasteiger partial charge in [-0.25, -0.2) is 4.98 Å². The molecule has 4 rings (SSSR count). The summed E-state index contributed by atoms with van der Waals surface area (Å²) < 4.78 is 9.59. The summed E-state index contributed by atoms with van der Waals surface area (Å²) in [4.78, 5) is 23.3. The Morgan fingerprint density at radius 3 is 2.16 bits per heavy atom. The number of carbonyl (C=O) groups excluding carboxylic acids is 1. The van der Waals surface area contributed by atoms with Gasteiger partial charge in [0, 0.05) is 37.2 Å². The van der Waals surface area contributed by atoms with E-state index in [1.54, 1.807) is 38.6 Å². The van der Waals surface area contributed by atoms with Gasteiger partial charge in [0.25, 0.3) is 0 Å². The maximum absolute atomic E-state index is 12.7. The van der Waals surface area contributed by atoms with Gasteiger partial charge >= 0.3 is 0 Å². The van der Waals surface area contributed by atoms with Crippen LogP contribution in [0.4, 0.5) is 5.82 Å². The third kappa shape index (κ3) is 12.2. The molecule has 242 valence electrons. The molecule has 1 amide bonds. The number of nitrogens with zero attached hydrogens (tertiary/aromatic N) is 3. The summed E-state index contributed by atoms with van der Waals surface area (Å²) in [5.74, 6) is 2.73. The number of pyridine rings is 1. The van der Waals surface area contributed by atoms with Gasteiger partial charge in [-0.2, -0.15) is 0 Å². The molecule has 1 heterocycles. The van der Waals surface area contributed by atoms with Crippen LogP contribution in [0.5, 0.6) is 5.75 Å². The fourth-order valence-corrected chi connectivity index (χ4v) is 5.59. The molecule has 7 nitrogen and oxygen atoms in total. The summed E-state index contributed by atoms with van der Waals surface area (Å²) in [5.41, 5.74) is 10.1. The zero-order valence-corrected chi connectivity index (χ0v) is 28.3. The minimum atomic E-state index is -0.169. The average molecular weight is 605 g/mol. The number of benzene rings is 1. The fraction of sp³-hybridized carbons (Fsp3) is 0.541. The Labute approximate surface area is 266 Å². The number of hydrogen-bond acceptors (Lipinski definition) is 6. The summed E-state index contributed by atoms with van der Waals surface area (Å²) in [6.45, 7) is 11.5. The van der Waals surface area contributed by atoms with Gasteiger partial charge < -0.3 is 15.2 Å². The number of carbonyl (C=O) groups is 1. The zero-order valence-electron chi connectivity index (χ0n) is 28.3. The molecular formula is C37H56N4O3. The van der Waals surface area contributed by atoms with E-state index < -0.39 is 0 Å². The van der Waals surface area contributed by atoms with E-state index in [1.165, 1.54) is 62.1 Å². The highest BCUT2D eigenvalue weighted by Crippen LogP contribution is 2.34. The lowest BCUT2D eigenvalue weighted by Crippen LogP contribution is -2.34. The van der Waals surface area contributed by atoms with Crippen LogP contribution in [0, 0.1) is 12.8 Å². The topological polar surface area (TPSA) is 90.0 Å². The Kier molecular flexibility index (Phi) is 15.7. The Morgan fingerprint density at radius 2 is 1.64 bits per heavy atom. The number of amides is 1. The van der Waals surface area contributed by atoms with Gasteiger partial charge in [-0.3, -0.25) is 14.7 Å². The third-order valence-corrected chi connectivity index (χ3v) is 8.14. The van der Waals surface area contributed by atoms with Crippen LogP contribution in [0.15, 0.2) is 60.6 Å². The first-order valence-corrected chi connectivity index (χ1v) is 16.0. The van der Waals surface area contributed by atoms with E-state index in [-0.39, 0.29) is 17.4 Å². The highest BCUT2D eigenvalue weighted by atomic mass is 16.5. The summed E-state index contributed by atoms with van der Waals surface area (Å²) in [7, 11) is 5.10. The number of nitrogens with two attached hydrogens (primary N) is 1. The largest absolute Gasteiger partial charge is 0.505 e. The van der Waals surface area contributed by atoms with Crippen molar-refractivity contribution in [1.29, 1.82) is 0 Å². The molecule has 0 saturated heterocycles. The molecule has 0 unspecified atom stereocenters. The van der Waals surface area contributed by atoms with E-state index in [0.717, 1.165) is 48.5 Å². The molecule has 1 aromatic heterocycles. The van der Waals surface area contributed by atoms with Crippen molar-refractivity contribution in [2.75, 3.05) is 26.2 Å². The summed E-state index contributed by atoms with van der Waals surface area (Å²) in [5, 5.41) is 0. The molecule has 2 fully saturated rings. The van der Waals surface area contributed by atoms with Gasteiger partial charge in [-0.05, 0) is 94.2 Å². The first-order valence-electron chi connectivity index (χ1n) is 16.0. The number of aromatic nitrogens is 1. The predicted octanol–water partition coefficient (Wildman–Crippen LogP) is 8.62. The van der Waals surface area contributed by atoms with Gasteiger partial charge in [0.15, 0.2) is 0 Å². The molecular weight excluding hydrogens is 548 g/mol. The monoisotopic (exact) mass is 604 g/mol. The lowest BCUT2D eigenvalue weighted by Gasteiger charge is -2.26. The summed E-state index contributed by atoms with van der Waals surface area (Å²) in [6, 6.07) is 10.4.